The molecule has 0 spiro atoms. The van der Waals surface area contributed by atoms with E-state index in [-0.39, 0.29) is 5.91 Å². The molecule has 2 rings (SSSR count). The number of carbonyl (C=O) groups excluding carboxylic acids is 1. The van der Waals surface area contributed by atoms with Crippen molar-refractivity contribution in [1.29, 1.82) is 0 Å². The van der Waals surface area contributed by atoms with Crippen molar-refractivity contribution in [2.75, 3.05) is 13.1 Å². The fourth-order valence-electron chi connectivity index (χ4n) is 2.14. The van der Waals surface area contributed by atoms with Gasteiger partial charge < -0.3 is 9.64 Å². The lowest BCUT2D eigenvalue weighted by Crippen LogP contribution is -2.47. The number of hydrogen-bond acceptors (Lipinski definition) is 2. The fraction of sp³-hybridized carbons (Fsp3) is 0.500. The van der Waals surface area contributed by atoms with Crippen molar-refractivity contribution in [3.63, 3.8) is 0 Å². The van der Waals surface area contributed by atoms with E-state index in [1.807, 2.05) is 43.0 Å². The van der Waals surface area contributed by atoms with Gasteiger partial charge in [-0.3, -0.25) is 4.79 Å². The number of amides is 1. The van der Waals surface area contributed by atoms with Gasteiger partial charge in [-0.15, -0.1) is 0 Å². The summed E-state index contributed by atoms with van der Waals surface area (Å²) in [6.45, 7) is 5.36. The first-order valence-corrected chi connectivity index (χ1v) is 7.02. The smallest absolute Gasteiger partial charge is 0.266 e. The van der Waals surface area contributed by atoms with Gasteiger partial charge >= 0.3 is 0 Å². The van der Waals surface area contributed by atoms with E-state index in [0.717, 1.165) is 36.2 Å². The molecule has 0 N–H and O–H groups in total. The van der Waals surface area contributed by atoms with E-state index < -0.39 is 5.60 Å². The molecule has 1 aromatic rings. The number of rotatable bonds is 3. The molecule has 0 saturated carbocycles. The topological polar surface area (TPSA) is 29.5 Å². The monoisotopic (exact) mass is 311 g/mol. The predicted molar refractivity (Wildman–Crippen MR) is 74.7 cm³/mol. The molecule has 0 bridgehead atoms. The molecule has 0 unspecified atom stereocenters. The summed E-state index contributed by atoms with van der Waals surface area (Å²) in [7, 11) is 0. The fourth-order valence-corrected chi connectivity index (χ4v) is 2.41. The summed E-state index contributed by atoms with van der Waals surface area (Å²) in [6.07, 6.45) is 2.19. The molecule has 98 valence electrons. The first kappa shape index (κ1) is 13.4. The zero-order chi connectivity index (χ0) is 13.2. The number of benzene rings is 1. The highest BCUT2D eigenvalue weighted by molar-refractivity contribution is 9.10. The van der Waals surface area contributed by atoms with E-state index in [0.29, 0.717) is 0 Å². The van der Waals surface area contributed by atoms with Crippen LogP contribution in [0.2, 0.25) is 0 Å². The number of halogens is 1. The summed E-state index contributed by atoms with van der Waals surface area (Å²) in [5, 5.41) is 0. The van der Waals surface area contributed by atoms with Crippen molar-refractivity contribution in [3.8, 4) is 5.75 Å². The average molecular weight is 312 g/mol. The van der Waals surface area contributed by atoms with Gasteiger partial charge in [-0.05, 0) is 51.0 Å². The van der Waals surface area contributed by atoms with Gasteiger partial charge in [-0.2, -0.15) is 0 Å². The molecule has 1 aromatic carbocycles. The SMILES string of the molecule is CC(C)(Oc1ccc(Br)cc1)C(=O)N1CCCC1. The van der Waals surface area contributed by atoms with Crippen LogP contribution in [0.1, 0.15) is 26.7 Å². The summed E-state index contributed by atoms with van der Waals surface area (Å²) in [4.78, 5) is 14.2. The van der Waals surface area contributed by atoms with Gasteiger partial charge in [-0.25, -0.2) is 0 Å². The number of ether oxygens (including phenoxy) is 1. The normalized spacial score (nSPS) is 15.8. The van der Waals surface area contributed by atoms with Gasteiger partial charge in [0.25, 0.3) is 5.91 Å². The van der Waals surface area contributed by atoms with Gasteiger partial charge in [-0.1, -0.05) is 15.9 Å². The molecule has 0 radical (unpaired) electrons. The third-order valence-electron chi connectivity index (χ3n) is 3.09. The molecule has 4 heteroatoms. The van der Waals surface area contributed by atoms with Crippen LogP contribution < -0.4 is 4.74 Å². The minimum Gasteiger partial charge on any atom is -0.478 e. The van der Waals surface area contributed by atoms with Crippen molar-refractivity contribution < 1.29 is 9.53 Å². The maximum atomic E-state index is 12.3. The first-order chi connectivity index (χ1) is 8.49. The second-order valence-corrected chi connectivity index (χ2v) is 5.98. The number of likely N-dealkylation sites (tertiary alicyclic amines) is 1. The van der Waals surface area contributed by atoms with Gasteiger partial charge in [0.05, 0.1) is 0 Å². The van der Waals surface area contributed by atoms with Gasteiger partial charge in [0.15, 0.2) is 5.60 Å². The van der Waals surface area contributed by atoms with Crippen molar-refractivity contribution in [3.05, 3.63) is 28.7 Å². The van der Waals surface area contributed by atoms with Crippen LogP contribution in [0.5, 0.6) is 5.75 Å². The van der Waals surface area contributed by atoms with E-state index in [2.05, 4.69) is 15.9 Å². The maximum absolute atomic E-state index is 12.3. The Kier molecular flexibility index (Phi) is 3.95. The second-order valence-electron chi connectivity index (χ2n) is 5.07. The zero-order valence-corrected chi connectivity index (χ0v) is 12.4. The average Bonchev–Trinajstić information content (AvgIpc) is 2.84. The molecule has 3 nitrogen and oxygen atoms in total. The lowest BCUT2D eigenvalue weighted by molar-refractivity contribution is -0.144. The molecule has 1 heterocycles. The zero-order valence-electron chi connectivity index (χ0n) is 10.8. The van der Waals surface area contributed by atoms with Crippen LogP contribution in [0.3, 0.4) is 0 Å². The first-order valence-electron chi connectivity index (χ1n) is 6.23. The summed E-state index contributed by atoms with van der Waals surface area (Å²) in [6, 6.07) is 7.55. The van der Waals surface area contributed by atoms with E-state index >= 15 is 0 Å². The Morgan fingerprint density at radius 3 is 2.33 bits per heavy atom. The summed E-state index contributed by atoms with van der Waals surface area (Å²) in [5.41, 5.74) is -0.807. The number of carbonyl (C=O) groups is 1. The molecule has 1 amide bonds. The van der Waals surface area contributed by atoms with Crippen LogP contribution in [0.4, 0.5) is 0 Å². The highest BCUT2D eigenvalue weighted by atomic mass is 79.9. The van der Waals surface area contributed by atoms with Crippen LogP contribution in [0, 0.1) is 0 Å². The quantitative estimate of drug-likeness (QED) is 0.857. The highest BCUT2D eigenvalue weighted by Crippen LogP contribution is 2.23. The van der Waals surface area contributed by atoms with Gasteiger partial charge in [0.2, 0.25) is 0 Å². The number of nitrogens with zero attached hydrogens (tertiary/aromatic N) is 1. The Balaban J connectivity index is 2.05. The molecule has 1 fully saturated rings. The van der Waals surface area contributed by atoms with Crippen LogP contribution >= 0.6 is 15.9 Å². The standard InChI is InChI=1S/C14H18BrNO2/c1-14(2,13(17)16-9-3-4-10-16)18-12-7-5-11(15)6-8-12/h5-8H,3-4,9-10H2,1-2H3. The Bertz CT molecular complexity index is 422. The lowest BCUT2D eigenvalue weighted by Gasteiger charge is -2.29. The van der Waals surface area contributed by atoms with Crippen molar-refractivity contribution in [1.82, 2.24) is 4.90 Å². The van der Waals surface area contributed by atoms with Crippen molar-refractivity contribution in [2.24, 2.45) is 0 Å². The Labute approximate surface area is 116 Å². The van der Waals surface area contributed by atoms with E-state index in [9.17, 15) is 4.79 Å². The van der Waals surface area contributed by atoms with Gasteiger partial charge in [0, 0.05) is 17.6 Å². The third-order valence-corrected chi connectivity index (χ3v) is 3.62. The predicted octanol–water partition coefficient (Wildman–Crippen LogP) is 3.23. The Morgan fingerprint density at radius 2 is 1.78 bits per heavy atom. The van der Waals surface area contributed by atoms with E-state index in [1.54, 1.807) is 0 Å². The third kappa shape index (κ3) is 3.05. The molecular weight excluding hydrogens is 294 g/mol. The van der Waals surface area contributed by atoms with Crippen LogP contribution in [0.25, 0.3) is 0 Å². The Hall–Kier alpha value is -1.03. The van der Waals surface area contributed by atoms with Crippen LogP contribution in [0.15, 0.2) is 28.7 Å². The molecule has 0 aliphatic carbocycles. The Morgan fingerprint density at radius 1 is 1.22 bits per heavy atom. The molecule has 0 atom stereocenters. The lowest BCUT2D eigenvalue weighted by atomic mass is 10.1. The van der Waals surface area contributed by atoms with Crippen LogP contribution in [-0.2, 0) is 4.79 Å². The highest BCUT2D eigenvalue weighted by Gasteiger charge is 2.35. The second kappa shape index (κ2) is 5.31. The van der Waals surface area contributed by atoms with E-state index in [4.69, 9.17) is 4.74 Å². The summed E-state index contributed by atoms with van der Waals surface area (Å²) in [5.74, 6) is 0.790. The number of hydrogen-bond donors (Lipinski definition) is 0. The van der Waals surface area contributed by atoms with Crippen molar-refractivity contribution >= 4 is 21.8 Å². The maximum Gasteiger partial charge on any atom is 0.266 e. The minimum atomic E-state index is -0.807. The molecule has 1 aliphatic rings. The molecule has 1 aliphatic heterocycles. The summed E-state index contributed by atoms with van der Waals surface area (Å²) >= 11 is 3.38. The molecule has 1 saturated heterocycles. The van der Waals surface area contributed by atoms with Gasteiger partial charge in [0.1, 0.15) is 5.75 Å². The molecule has 0 aromatic heterocycles. The largest absolute Gasteiger partial charge is 0.478 e. The minimum absolute atomic E-state index is 0.0721. The van der Waals surface area contributed by atoms with Crippen molar-refractivity contribution in [2.45, 2.75) is 32.3 Å². The molecule has 18 heavy (non-hydrogen) atoms. The summed E-state index contributed by atoms with van der Waals surface area (Å²) < 4.78 is 6.82. The van der Waals surface area contributed by atoms with E-state index in [1.165, 1.54) is 0 Å². The molecular formula is C14H18BrNO2. The van der Waals surface area contributed by atoms with Crippen LogP contribution in [-0.4, -0.2) is 29.5 Å².